The molecular formula is C14H24N2O. The van der Waals surface area contributed by atoms with Gasteiger partial charge in [0.2, 0.25) is 0 Å². The molecule has 0 bridgehead atoms. The van der Waals surface area contributed by atoms with Crippen molar-refractivity contribution in [3.63, 3.8) is 0 Å². The van der Waals surface area contributed by atoms with Gasteiger partial charge in [0.1, 0.15) is 11.5 Å². The molecule has 3 heteroatoms. The van der Waals surface area contributed by atoms with E-state index < -0.39 is 0 Å². The third-order valence-electron chi connectivity index (χ3n) is 3.51. The highest BCUT2D eigenvalue weighted by Crippen LogP contribution is 2.32. The van der Waals surface area contributed by atoms with E-state index in [0.717, 1.165) is 37.1 Å². The maximum absolute atomic E-state index is 5.57. The molecule has 0 amide bonds. The summed E-state index contributed by atoms with van der Waals surface area (Å²) in [5.41, 5.74) is 0. The minimum absolute atomic E-state index is 0.689. The molecule has 1 fully saturated rings. The first kappa shape index (κ1) is 12.7. The number of rotatable bonds is 7. The van der Waals surface area contributed by atoms with Crippen molar-refractivity contribution in [2.24, 2.45) is 5.92 Å². The zero-order valence-electron chi connectivity index (χ0n) is 11.2. The average Bonchev–Trinajstić information content (AvgIpc) is 3.04. The molecule has 1 aliphatic rings. The van der Waals surface area contributed by atoms with E-state index in [1.165, 1.54) is 12.8 Å². The number of hydrogen-bond acceptors (Lipinski definition) is 3. The summed E-state index contributed by atoms with van der Waals surface area (Å²) in [4.78, 5) is 2.30. The Morgan fingerprint density at radius 2 is 2.24 bits per heavy atom. The Hall–Kier alpha value is -0.800. The quantitative estimate of drug-likeness (QED) is 0.788. The third-order valence-corrected chi connectivity index (χ3v) is 3.51. The van der Waals surface area contributed by atoms with E-state index in [9.17, 15) is 0 Å². The number of likely N-dealkylation sites (N-methyl/N-ethyl adjacent to an activating group) is 1. The van der Waals surface area contributed by atoms with Crippen LogP contribution in [0.1, 0.15) is 31.3 Å². The van der Waals surface area contributed by atoms with Crippen LogP contribution in [0.5, 0.6) is 0 Å². The highest BCUT2D eigenvalue weighted by molar-refractivity contribution is 5.05. The molecule has 1 aromatic rings. The largest absolute Gasteiger partial charge is 0.465 e. The minimum Gasteiger partial charge on any atom is -0.465 e. The van der Waals surface area contributed by atoms with Crippen molar-refractivity contribution in [2.45, 2.75) is 39.3 Å². The number of aryl methyl sites for hydroxylation is 1. The predicted molar refractivity (Wildman–Crippen MR) is 70.0 cm³/mol. The second kappa shape index (κ2) is 5.69. The van der Waals surface area contributed by atoms with Crippen LogP contribution in [0.3, 0.4) is 0 Å². The van der Waals surface area contributed by atoms with Gasteiger partial charge in [-0.3, -0.25) is 4.90 Å². The second-order valence-corrected chi connectivity index (χ2v) is 5.33. The molecule has 0 saturated heterocycles. The lowest BCUT2D eigenvalue weighted by Crippen LogP contribution is -2.35. The van der Waals surface area contributed by atoms with Gasteiger partial charge >= 0.3 is 0 Å². The first-order valence-corrected chi connectivity index (χ1v) is 6.62. The number of nitrogens with zero attached hydrogens (tertiary/aromatic N) is 1. The molecule has 96 valence electrons. The van der Waals surface area contributed by atoms with Crippen LogP contribution < -0.4 is 5.32 Å². The summed E-state index contributed by atoms with van der Waals surface area (Å²) in [5, 5.41) is 3.59. The smallest absolute Gasteiger partial charge is 0.118 e. The van der Waals surface area contributed by atoms with Gasteiger partial charge in [-0.2, -0.15) is 0 Å². The Bertz CT molecular complexity index is 344. The number of nitrogens with one attached hydrogen (secondary N) is 1. The molecule has 1 atom stereocenters. The maximum Gasteiger partial charge on any atom is 0.118 e. The van der Waals surface area contributed by atoms with E-state index in [0.29, 0.717) is 6.04 Å². The number of furan rings is 1. The highest BCUT2D eigenvalue weighted by Gasteiger charge is 2.27. The fourth-order valence-electron chi connectivity index (χ4n) is 2.16. The molecule has 1 heterocycles. The summed E-state index contributed by atoms with van der Waals surface area (Å²) < 4.78 is 5.57. The lowest BCUT2D eigenvalue weighted by atomic mass is 10.2. The monoisotopic (exact) mass is 236 g/mol. The van der Waals surface area contributed by atoms with Crippen molar-refractivity contribution < 1.29 is 4.42 Å². The van der Waals surface area contributed by atoms with Gasteiger partial charge in [0.05, 0.1) is 6.54 Å². The second-order valence-electron chi connectivity index (χ2n) is 5.33. The molecular weight excluding hydrogens is 212 g/mol. The number of hydrogen-bond donors (Lipinski definition) is 1. The lowest BCUT2D eigenvalue weighted by molar-refractivity contribution is 0.285. The van der Waals surface area contributed by atoms with Gasteiger partial charge in [-0.25, -0.2) is 0 Å². The maximum atomic E-state index is 5.57. The summed E-state index contributed by atoms with van der Waals surface area (Å²) in [7, 11) is 2.14. The van der Waals surface area contributed by atoms with Crippen LogP contribution in [-0.2, 0) is 6.54 Å². The van der Waals surface area contributed by atoms with Gasteiger partial charge < -0.3 is 9.73 Å². The van der Waals surface area contributed by atoms with Crippen molar-refractivity contribution in [1.29, 1.82) is 0 Å². The van der Waals surface area contributed by atoms with Gasteiger partial charge in [0.25, 0.3) is 0 Å². The zero-order valence-corrected chi connectivity index (χ0v) is 11.2. The lowest BCUT2D eigenvalue weighted by Gasteiger charge is -2.18. The van der Waals surface area contributed by atoms with Crippen LogP contribution in [-0.4, -0.2) is 31.1 Å². The first-order chi connectivity index (χ1) is 8.15. The van der Waals surface area contributed by atoms with Crippen molar-refractivity contribution >= 4 is 0 Å². The predicted octanol–water partition coefficient (Wildman–Crippen LogP) is 2.41. The van der Waals surface area contributed by atoms with E-state index >= 15 is 0 Å². The zero-order chi connectivity index (χ0) is 12.3. The Morgan fingerprint density at radius 3 is 2.82 bits per heavy atom. The van der Waals surface area contributed by atoms with Crippen molar-refractivity contribution in [2.75, 3.05) is 20.1 Å². The topological polar surface area (TPSA) is 28.4 Å². The highest BCUT2D eigenvalue weighted by atomic mass is 16.3. The molecule has 1 N–H and O–H groups in total. The van der Waals surface area contributed by atoms with E-state index in [-0.39, 0.29) is 0 Å². The Balaban J connectivity index is 1.61. The SMILES string of the molecule is Cc1ccc(CN(C)CCNC(C)C2CC2)o1. The molecule has 1 unspecified atom stereocenters. The van der Waals surface area contributed by atoms with Gasteiger partial charge in [-0.15, -0.1) is 0 Å². The molecule has 0 radical (unpaired) electrons. The van der Waals surface area contributed by atoms with E-state index in [4.69, 9.17) is 4.42 Å². The van der Waals surface area contributed by atoms with Gasteiger partial charge in [-0.1, -0.05) is 0 Å². The van der Waals surface area contributed by atoms with Crippen LogP contribution in [0.15, 0.2) is 16.5 Å². The molecule has 0 spiro atoms. The molecule has 3 nitrogen and oxygen atoms in total. The van der Waals surface area contributed by atoms with Crippen LogP contribution in [0.2, 0.25) is 0 Å². The molecule has 1 aromatic heterocycles. The standard InChI is InChI=1S/C14H24N2O/c1-11-4-7-14(17-11)10-16(3)9-8-15-12(2)13-5-6-13/h4,7,12-13,15H,5-6,8-10H2,1-3H3. The van der Waals surface area contributed by atoms with E-state index in [1.807, 2.05) is 13.0 Å². The summed E-state index contributed by atoms with van der Waals surface area (Å²) in [6, 6.07) is 4.78. The molecule has 1 saturated carbocycles. The van der Waals surface area contributed by atoms with Gasteiger partial charge in [0, 0.05) is 19.1 Å². The minimum atomic E-state index is 0.689. The summed E-state index contributed by atoms with van der Waals surface area (Å²) in [5.74, 6) is 2.99. The van der Waals surface area contributed by atoms with Gasteiger partial charge in [0.15, 0.2) is 0 Å². The van der Waals surface area contributed by atoms with Crippen molar-refractivity contribution in [3.05, 3.63) is 23.7 Å². The Kier molecular flexibility index (Phi) is 4.24. The molecule has 0 aromatic carbocycles. The molecule has 0 aliphatic heterocycles. The van der Waals surface area contributed by atoms with E-state index in [2.05, 4.69) is 30.3 Å². The van der Waals surface area contributed by atoms with E-state index in [1.54, 1.807) is 0 Å². The van der Waals surface area contributed by atoms with Gasteiger partial charge in [-0.05, 0) is 51.8 Å². The molecule has 1 aliphatic carbocycles. The normalized spacial score (nSPS) is 17.6. The van der Waals surface area contributed by atoms with Crippen LogP contribution in [0, 0.1) is 12.8 Å². The summed E-state index contributed by atoms with van der Waals surface area (Å²) in [6.45, 7) is 7.31. The summed E-state index contributed by atoms with van der Waals surface area (Å²) in [6.07, 6.45) is 2.82. The van der Waals surface area contributed by atoms with Crippen molar-refractivity contribution in [1.82, 2.24) is 10.2 Å². The molecule has 17 heavy (non-hydrogen) atoms. The first-order valence-electron chi connectivity index (χ1n) is 6.62. The fraction of sp³-hybridized carbons (Fsp3) is 0.714. The Morgan fingerprint density at radius 1 is 1.47 bits per heavy atom. The molecule has 2 rings (SSSR count). The van der Waals surface area contributed by atoms with Crippen LogP contribution in [0.4, 0.5) is 0 Å². The summed E-state index contributed by atoms with van der Waals surface area (Å²) >= 11 is 0. The fourth-order valence-corrected chi connectivity index (χ4v) is 2.16. The van der Waals surface area contributed by atoms with Crippen LogP contribution >= 0.6 is 0 Å². The Labute approximate surface area is 104 Å². The van der Waals surface area contributed by atoms with Crippen molar-refractivity contribution in [3.8, 4) is 0 Å². The van der Waals surface area contributed by atoms with Crippen LogP contribution in [0.25, 0.3) is 0 Å². The third kappa shape index (κ3) is 4.17. The average molecular weight is 236 g/mol.